The summed E-state index contributed by atoms with van der Waals surface area (Å²) in [6.45, 7) is 0. The first kappa shape index (κ1) is 16.9. The van der Waals surface area contributed by atoms with Gasteiger partial charge >= 0.3 is 5.97 Å². The number of nitrogens with zero attached hydrogens (tertiary/aromatic N) is 2. The van der Waals surface area contributed by atoms with Crippen LogP contribution < -0.4 is 0 Å². The number of hydrogen-bond acceptors (Lipinski definition) is 5. The molecule has 1 heterocycles. The maximum Gasteiger partial charge on any atom is 0.363 e. The number of esters is 1. The normalized spacial score (nSPS) is 35.4. The third kappa shape index (κ3) is 2.78. The van der Waals surface area contributed by atoms with E-state index in [2.05, 4.69) is 4.99 Å². The van der Waals surface area contributed by atoms with Crippen LogP contribution in [0, 0.1) is 33.3 Å². The van der Waals surface area contributed by atoms with E-state index >= 15 is 0 Å². The summed E-state index contributed by atoms with van der Waals surface area (Å²) in [6.07, 6.45) is 8.63. The monoisotopic (exact) mass is 386 g/mol. The Morgan fingerprint density at radius 1 is 1.19 bits per heavy atom. The molecule has 0 unspecified atom stereocenters. The van der Waals surface area contributed by atoms with E-state index < -0.39 is 10.9 Å². The Morgan fingerprint density at radius 3 is 2.41 bits per heavy atom. The highest BCUT2D eigenvalue weighted by molar-refractivity contribution is 6.32. The molecule has 7 heteroatoms. The van der Waals surface area contributed by atoms with Crippen LogP contribution in [-0.2, 0) is 9.53 Å². The van der Waals surface area contributed by atoms with E-state index in [9.17, 15) is 14.9 Å². The Kier molecular flexibility index (Phi) is 3.69. The molecule has 4 fully saturated rings. The van der Waals surface area contributed by atoms with Crippen molar-refractivity contribution in [3.8, 4) is 0 Å². The van der Waals surface area contributed by atoms with Crippen LogP contribution in [0.25, 0.3) is 6.08 Å². The van der Waals surface area contributed by atoms with Crippen molar-refractivity contribution in [2.45, 2.75) is 38.5 Å². The molecule has 140 valence electrons. The van der Waals surface area contributed by atoms with Crippen molar-refractivity contribution in [3.63, 3.8) is 0 Å². The van der Waals surface area contributed by atoms with E-state index in [0.29, 0.717) is 11.5 Å². The highest BCUT2D eigenvalue weighted by atomic mass is 35.5. The molecule has 0 amide bonds. The molecule has 0 N–H and O–H groups in total. The fourth-order valence-corrected chi connectivity index (χ4v) is 6.11. The van der Waals surface area contributed by atoms with Gasteiger partial charge in [0.1, 0.15) is 5.02 Å². The maximum absolute atomic E-state index is 12.4. The summed E-state index contributed by atoms with van der Waals surface area (Å²) in [5.74, 6) is 2.28. The Bertz CT molecular complexity index is 885. The summed E-state index contributed by atoms with van der Waals surface area (Å²) >= 11 is 5.85. The summed E-state index contributed by atoms with van der Waals surface area (Å²) in [5.41, 5.74) is 0.431. The number of nitro benzene ring substituents is 1. The van der Waals surface area contributed by atoms with Gasteiger partial charge in [-0.15, -0.1) is 0 Å². The van der Waals surface area contributed by atoms with Crippen molar-refractivity contribution in [1.82, 2.24) is 0 Å². The molecule has 0 saturated heterocycles. The minimum absolute atomic E-state index is 0.0638. The molecule has 1 aromatic rings. The van der Waals surface area contributed by atoms with Crippen LogP contribution in [-0.4, -0.2) is 16.8 Å². The van der Waals surface area contributed by atoms with Gasteiger partial charge in [-0.25, -0.2) is 9.79 Å². The highest BCUT2D eigenvalue weighted by Gasteiger charge is 2.55. The van der Waals surface area contributed by atoms with Crippen molar-refractivity contribution in [2.24, 2.45) is 28.2 Å². The molecule has 6 nitrogen and oxygen atoms in total. The quantitative estimate of drug-likeness (QED) is 0.324. The van der Waals surface area contributed by atoms with Gasteiger partial charge in [-0.1, -0.05) is 17.7 Å². The minimum atomic E-state index is -0.540. The third-order valence-corrected chi connectivity index (χ3v) is 6.90. The number of halogens is 1. The smallest absolute Gasteiger partial charge is 0.363 e. The van der Waals surface area contributed by atoms with E-state index in [4.69, 9.17) is 16.3 Å². The summed E-state index contributed by atoms with van der Waals surface area (Å²) in [6, 6.07) is 4.44. The summed E-state index contributed by atoms with van der Waals surface area (Å²) in [7, 11) is 0. The van der Waals surface area contributed by atoms with E-state index in [1.807, 2.05) is 0 Å². The SMILES string of the molecule is O=C1OC(C23CC4CC(CC(C4)C2)C3)=NC1=Cc1ccc(Cl)c([N+](=O)[O-])c1. The molecular weight excluding hydrogens is 368 g/mol. The molecule has 0 atom stereocenters. The van der Waals surface area contributed by atoms with Crippen LogP contribution in [0.2, 0.25) is 5.02 Å². The second-order valence-electron chi connectivity index (χ2n) is 8.50. The number of benzene rings is 1. The molecule has 6 rings (SSSR count). The van der Waals surface area contributed by atoms with E-state index in [0.717, 1.165) is 37.0 Å². The van der Waals surface area contributed by atoms with Crippen LogP contribution in [0.1, 0.15) is 44.1 Å². The number of nitro groups is 1. The van der Waals surface area contributed by atoms with Crippen LogP contribution >= 0.6 is 11.6 Å². The zero-order chi connectivity index (χ0) is 18.8. The molecule has 0 radical (unpaired) electrons. The Hall–Kier alpha value is -2.21. The predicted octanol–water partition coefficient (Wildman–Crippen LogP) is 4.76. The largest absolute Gasteiger partial charge is 0.406 e. The van der Waals surface area contributed by atoms with Crippen LogP contribution in [0.15, 0.2) is 28.9 Å². The van der Waals surface area contributed by atoms with E-state index in [-0.39, 0.29) is 21.8 Å². The fraction of sp³-hybridized carbons (Fsp3) is 0.500. The average Bonchev–Trinajstić information content (AvgIpc) is 2.97. The number of carbonyl (C=O) groups is 1. The lowest BCUT2D eigenvalue weighted by molar-refractivity contribution is -0.384. The van der Waals surface area contributed by atoms with Crippen molar-refractivity contribution in [1.29, 1.82) is 0 Å². The standard InChI is InChI=1S/C20H19ClN2O4/c21-15-2-1-11(7-17(15)23(25)26)6-16-18(24)27-19(22-16)20-8-12-3-13(9-20)5-14(4-12)10-20/h1-2,6-7,12-14H,3-5,8-10H2. The van der Waals surface area contributed by atoms with Crippen molar-refractivity contribution >= 4 is 35.2 Å². The topological polar surface area (TPSA) is 81.8 Å². The van der Waals surface area contributed by atoms with E-state index in [1.165, 1.54) is 31.4 Å². The first-order chi connectivity index (χ1) is 12.9. The molecular formula is C20H19ClN2O4. The van der Waals surface area contributed by atoms with Gasteiger partial charge in [-0.2, -0.15) is 0 Å². The van der Waals surface area contributed by atoms with Crippen LogP contribution in [0.4, 0.5) is 5.69 Å². The summed E-state index contributed by atoms with van der Waals surface area (Å²) in [5, 5.41) is 11.1. The highest BCUT2D eigenvalue weighted by Crippen LogP contribution is 2.61. The molecule has 0 aromatic heterocycles. The van der Waals surface area contributed by atoms with Crippen LogP contribution in [0.3, 0.4) is 0 Å². The number of carbonyl (C=O) groups excluding carboxylic acids is 1. The second kappa shape index (κ2) is 5.89. The Labute approximate surface area is 161 Å². The number of rotatable bonds is 3. The third-order valence-electron chi connectivity index (χ3n) is 6.58. The van der Waals surface area contributed by atoms with Gasteiger partial charge < -0.3 is 4.74 Å². The fourth-order valence-electron chi connectivity index (χ4n) is 5.93. The lowest BCUT2D eigenvalue weighted by atomic mass is 9.49. The summed E-state index contributed by atoms with van der Waals surface area (Å²) < 4.78 is 5.62. The van der Waals surface area contributed by atoms with Gasteiger partial charge in [-0.05, 0) is 74.0 Å². The second-order valence-corrected chi connectivity index (χ2v) is 8.91. The molecule has 1 aliphatic heterocycles. The first-order valence-corrected chi connectivity index (χ1v) is 9.77. The van der Waals surface area contributed by atoms with Crippen molar-refractivity contribution < 1.29 is 14.5 Å². The van der Waals surface area contributed by atoms with Crippen molar-refractivity contribution in [2.75, 3.05) is 0 Å². The number of ether oxygens (including phenoxy) is 1. The molecule has 27 heavy (non-hydrogen) atoms. The Balaban J connectivity index is 1.47. The van der Waals surface area contributed by atoms with Gasteiger partial charge in [0, 0.05) is 11.5 Å². The molecule has 4 saturated carbocycles. The van der Waals surface area contributed by atoms with Crippen LogP contribution in [0.5, 0.6) is 0 Å². The molecule has 4 aliphatic carbocycles. The number of cyclic esters (lactones) is 1. The lowest BCUT2D eigenvalue weighted by Gasteiger charge is -2.55. The van der Waals surface area contributed by atoms with Gasteiger partial charge in [0.2, 0.25) is 5.90 Å². The zero-order valence-electron chi connectivity index (χ0n) is 14.7. The number of aliphatic imine (C=N–C) groups is 1. The summed E-state index contributed by atoms with van der Waals surface area (Å²) in [4.78, 5) is 27.5. The van der Waals surface area contributed by atoms with Gasteiger partial charge in [-0.3, -0.25) is 10.1 Å². The average molecular weight is 387 g/mol. The molecule has 5 aliphatic rings. The Morgan fingerprint density at radius 2 is 1.81 bits per heavy atom. The minimum Gasteiger partial charge on any atom is -0.406 e. The predicted molar refractivity (Wildman–Crippen MR) is 100 cm³/mol. The maximum atomic E-state index is 12.4. The first-order valence-electron chi connectivity index (χ1n) is 9.39. The number of hydrogen-bond donors (Lipinski definition) is 0. The van der Waals surface area contributed by atoms with Gasteiger partial charge in [0.05, 0.1) is 4.92 Å². The zero-order valence-corrected chi connectivity index (χ0v) is 15.4. The molecule has 4 bridgehead atoms. The van der Waals surface area contributed by atoms with Crippen molar-refractivity contribution in [3.05, 3.63) is 44.6 Å². The molecule has 1 aromatic carbocycles. The van der Waals surface area contributed by atoms with E-state index in [1.54, 1.807) is 12.1 Å². The molecule has 0 spiro atoms. The van der Waals surface area contributed by atoms with Gasteiger partial charge in [0.15, 0.2) is 5.70 Å². The lowest BCUT2D eigenvalue weighted by Crippen LogP contribution is -2.50. The van der Waals surface area contributed by atoms with Gasteiger partial charge in [0.25, 0.3) is 5.69 Å².